The zero-order valence-corrected chi connectivity index (χ0v) is 38.1. The second-order valence-electron chi connectivity index (χ2n) is 16.6. The summed E-state index contributed by atoms with van der Waals surface area (Å²) >= 11 is 0. The second kappa shape index (κ2) is 22.7. The van der Waals surface area contributed by atoms with Crippen molar-refractivity contribution in [2.24, 2.45) is 0 Å². The van der Waals surface area contributed by atoms with Crippen LogP contribution in [0.2, 0.25) is 0 Å². The highest BCUT2D eigenvalue weighted by Crippen LogP contribution is 2.24. The van der Waals surface area contributed by atoms with E-state index in [9.17, 15) is 43.2 Å². The first kappa shape index (κ1) is 49.8. The number of aromatic amines is 2. The van der Waals surface area contributed by atoms with Gasteiger partial charge in [-0.25, -0.2) is 9.59 Å². The predicted octanol–water partition coefficient (Wildman–Crippen LogP) is 4.15. The number of rotatable bonds is 19. The monoisotopic (exact) mass is 952 g/mol. The third kappa shape index (κ3) is 14.7. The van der Waals surface area contributed by atoms with Crippen LogP contribution in [0.1, 0.15) is 94.1 Å². The lowest BCUT2D eigenvalue weighted by molar-refractivity contribution is -0.127. The number of nitrogens with one attached hydrogen (secondary N) is 9. The molecule has 1 aliphatic rings. The standard InChI is InChI=1S/C46H52N10O13/c1-46(2,3)69-45(65)53-34-17-13-29(51-34)41(61)49-27(23-26-9-6-5-7-10-26)24-36(58)55-39-18-14-31(67-39)43(63)56-22-8-11-30(56)42(62)48-25-37(59)52-33-16-12-28(50-33)40(60)47-21-20-35(57)54-38-19-15-32(68-38)44(64)66-4/h5-7,9-10,12-19,27,30,50-51H,8,11,20-25H2,1-4H3,(H,47,60)(H,48,62)(H,49,61)(H,52,59)(H,53,65)(H,54,57)(H,55,58)/t27-,30+/m0/s1. The first-order chi connectivity index (χ1) is 32.9. The van der Waals surface area contributed by atoms with Crippen molar-refractivity contribution < 1.29 is 61.5 Å². The minimum atomic E-state index is -0.918. The summed E-state index contributed by atoms with van der Waals surface area (Å²) in [4.78, 5) is 122. The third-order valence-corrected chi connectivity index (χ3v) is 10.1. The fraction of sp³-hybridized carbons (Fsp3) is 0.326. The number of hydrogen-bond acceptors (Lipinski definition) is 13. The molecule has 23 nitrogen and oxygen atoms in total. The molecule has 5 heterocycles. The fourth-order valence-electron chi connectivity index (χ4n) is 6.99. The summed E-state index contributed by atoms with van der Waals surface area (Å²) in [5, 5.41) is 18.1. The maximum atomic E-state index is 13.6. The number of hydrogen-bond donors (Lipinski definition) is 9. The molecule has 2 atom stereocenters. The first-order valence-corrected chi connectivity index (χ1v) is 21.7. The van der Waals surface area contributed by atoms with Crippen LogP contribution in [0.4, 0.5) is 28.2 Å². The Morgan fingerprint density at radius 1 is 0.725 bits per heavy atom. The molecule has 0 bridgehead atoms. The number of methoxy groups -OCH3 is 1. The predicted molar refractivity (Wildman–Crippen MR) is 246 cm³/mol. The highest BCUT2D eigenvalue weighted by atomic mass is 16.6. The molecule has 9 N–H and O–H groups in total. The van der Waals surface area contributed by atoms with Crippen LogP contribution in [-0.4, -0.2) is 113 Å². The number of anilines is 4. The van der Waals surface area contributed by atoms with Crippen LogP contribution in [0.3, 0.4) is 0 Å². The van der Waals surface area contributed by atoms with Crippen molar-refractivity contribution in [2.75, 3.05) is 48.0 Å². The van der Waals surface area contributed by atoms with Crippen molar-refractivity contribution in [2.45, 2.75) is 70.6 Å². The second-order valence-corrected chi connectivity index (χ2v) is 16.6. The highest BCUT2D eigenvalue weighted by Gasteiger charge is 2.36. The molecule has 1 saturated heterocycles. The number of furan rings is 2. The van der Waals surface area contributed by atoms with E-state index in [0.717, 1.165) is 5.56 Å². The number of H-pyrrole nitrogens is 2. The number of carbonyl (C=O) groups excluding carboxylic acids is 9. The topological polar surface area (TPSA) is 317 Å². The Bertz CT molecular complexity index is 2680. The van der Waals surface area contributed by atoms with Crippen LogP contribution < -0.4 is 37.2 Å². The smallest absolute Gasteiger partial charge is 0.413 e. The molecule has 23 heteroatoms. The zero-order valence-electron chi connectivity index (χ0n) is 38.1. The molecular formula is C46H52N10O13. The molecule has 1 aliphatic heterocycles. The molecule has 5 aromatic rings. The van der Waals surface area contributed by atoms with Crippen LogP contribution >= 0.6 is 0 Å². The van der Waals surface area contributed by atoms with Gasteiger partial charge in [0.1, 0.15) is 34.7 Å². The van der Waals surface area contributed by atoms with Crippen molar-refractivity contribution in [3.63, 3.8) is 0 Å². The van der Waals surface area contributed by atoms with E-state index in [1.165, 1.54) is 60.5 Å². The van der Waals surface area contributed by atoms with Gasteiger partial charge in [-0.3, -0.25) is 49.5 Å². The lowest BCUT2D eigenvalue weighted by Gasteiger charge is -2.22. The highest BCUT2D eigenvalue weighted by molar-refractivity contribution is 6.00. The molecule has 0 radical (unpaired) electrons. The molecule has 6 rings (SSSR count). The molecule has 0 unspecified atom stereocenters. The van der Waals surface area contributed by atoms with Crippen LogP contribution in [0.25, 0.3) is 0 Å². The van der Waals surface area contributed by atoms with Gasteiger partial charge in [0, 0.05) is 44.1 Å². The zero-order chi connectivity index (χ0) is 49.7. The summed E-state index contributed by atoms with van der Waals surface area (Å²) in [6.07, 6.45) is 0.103. The van der Waals surface area contributed by atoms with Gasteiger partial charge in [-0.1, -0.05) is 30.3 Å². The minimum Gasteiger partial charge on any atom is -0.463 e. The Balaban J connectivity index is 0.944. The number of nitrogens with zero attached hydrogens (tertiary/aromatic N) is 1. The van der Waals surface area contributed by atoms with Gasteiger partial charge in [-0.05, 0) is 82.0 Å². The van der Waals surface area contributed by atoms with Gasteiger partial charge in [0.2, 0.25) is 35.3 Å². The van der Waals surface area contributed by atoms with Gasteiger partial charge >= 0.3 is 12.1 Å². The number of aromatic nitrogens is 2. The van der Waals surface area contributed by atoms with Gasteiger partial charge in [0.25, 0.3) is 17.7 Å². The van der Waals surface area contributed by atoms with Gasteiger partial charge in [-0.15, -0.1) is 0 Å². The normalized spacial score (nSPS) is 13.6. The van der Waals surface area contributed by atoms with Crippen LogP contribution in [0, 0.1) is 0 Å². The largest absolute Gasteiger partial charge is 0.463 e. The summed E-state index contributed by atoms with van der Waals surface area (Å²) in [5.74, 6) is -4.46. The summed E-state index contributed by atoms with van der Waals surface area (Å²) in [6.45, 7) is 4.89. The quantitative estimate of drug-likeness (QED) is 0.0526. The van der Waals surface area contributed by atoms with E-state index in [1.807, 2.05) is 30.3 Å². The van der Waals surface area contributed by atoms with E-state index >= 15 is 0 Å². The Kier molecular flexibility index (Phi) is 16.4. The molecule has 364 valence electrons. The molecule has 4 aromatic heterocycles. The van der Waals surface area contributed by atoms with Gasteiger partial charge in [-0.2, -0.15) is 0 Å². The number of esters is 1. The molecule has 0 saturated carbocycles. The maximum Gasteiger partial charge on any atom is 0.413 e. The van der Waals surface area contributed by atoms with E-state index in [0.29, 0.717) is 19.3 Å². The Labute approximate surface area is 394 Å². The summed E-state index contributed by atoms with van der Waals surface area (Å²) < 4.78 is 20.7. The maximum absolute atomic E-state index is 13.6. The number of carbonyl (C=O) groups is 9. The Morgan fingerprint density at radius 2 is 1.36 bits per heavy atom. The van der Waals surface area contributed by atoms with E-state index < -0.39 is 77.6 Å². The third-order valence-electron chi connectivity index (χ3n) is 10.1. The Morgan fingerprint density at radius 3 is 2.04 bits per heavy atom. The number of amides is 8. The SMILES string of the molecule is COC(=O)c1ccc(NC(=O)CCNC(=O)c2ccc(NC(=O)CNC(=O)[C@H]3CCCN3C(=O)c3ccc(NC(=O)C[C@H](Cc4ccccc4)NC(=O)c4ccc(NC(=O)OC(C)(C)C)[nH]4)o3)[nH]2)o1. The summed E-state index contributed by atoms with van der Waals surface area (Å²) in [6, 6.07) is 18.9. The van der Waals surface area contributed by atoms with Crippen molar-refractivity contribution in [1.29, 1.82) is 0 Å². The van der Waals surface area contributed by atoms with Crippen LogP contribution in [-0.2, 0) is 35.1 Å². The molecule has 8 amide bonds. The number of benzene rings is 1. The van der Waals surface area contributed by atoms with Crippen LogP contribution in [0.15, 0.2) is 87.7 Å². The van der Waals surface area contributed by atoms with Crippen molar-refractivity contribution in [3.05, 3.63) is 107 Å². The Hall–Kier alpha value is -8.63. The molecule has 0 aliphatic carbocycles. The lowest BCUT2D eigenvalue weighted by atomic mass is 10.0. The van der Waals surface area contributed by atoms with E-state index in [1.54, 1.807) is 20.8 Å². The van der Waals surface area contributed by atoms with Crippen LogP contribution in [0.5, 0.6) is 0 Å². The van der Waals surface area contributed by atoms with E-state index in [2.05, 4.69) is 51.9 Å². The van der Waals surface area contributed by atoms with Crippen molar-refractivity contribution in [3.8, 4) is 0 Å². The summed E-state index contributed by atoms with van der Waals surface area (Å²) in [5.41, 5.74) is 0.342. The summed E-state index contributed by atoms with van der Waals surface area (Å²) in [7, 11) is 1.19. The van der Waals surface area contributed by atoms with E-state index in [4.69, 9.17) is 13.6 Å². The number of likely N-dealkylation sites (tertiary alicyclic amines) is 1. The molecular weight excluding hydrogens is 901 g/mol. The van der Waals surface area contributed by atoms with Gasteiger partial charge in [0.05, 0.1) is 13.7 Å². The first-order valence-electron chi connectivity index (χ1n) is 21.7. The molecule has 1 fully saturated rings. The van der Waals surface area contributed by atoms with Crippen molar-refractivity contribution in [1.82, 2.24) is 30.8 Å². The average Bonchev–Trinajstić information content (AvgIpc) is 4.16. The fourth-order valence-corrected chi connectivity index (χ4v) is 6.99. The van der Waals surface area contributed by atoms with Gasteiger partial charge in [0.15, 0.2) is 11.6 Å². The lowest BCUT2D eigenvalue weighted by Crippen LogP contribution is -2.47. The van der Waals surface area contributed by atoms with Crippen molar-refractivity contribution >= 4 is 76.8 Å². The number of ether oxygens (including phenoxy) is 2. The van der Waals surface area contributed by atoms with Gasteiger partial charge < -0.3 is 54.4 Å². The van der Waals surface area contributed by atoms with E-state index in [-0.39, 0.29) is 72.2 Å². The molecule has 1 aromatic carbocycles. The minimum absolute atomic E-state index is 0.0319. The molecule has 0 spiro atoms. The average molecular weight is 953 g/mol. The molecule has 69 heavy (non-hydrogen) atoms.